The summed E-state index contributed by atoms with van der Waals surface area (Å²) in [6.07, 6.45) is 0.860. The molecule has 0 radical (unpaired) electrons. The molecule has 0 aliphatic heterocycles. The smallest absolute Gasteiger partial charge is 0.203 e. The molecule has 3 aromatic carbocycles. The fourth-order valence-corrected chi connectivity index (χ4v) is 3.26. The van der Waals surface area contributed by atoms with Crippen molar-refractivity contribution in [1.82, 2.24) is 5.32 Å². The molecular weight excluding hydrogens is 362 g/mol. The third-order valence-electron chi connectivity index (χ3n) is 4.91. The topological polar surface area (TPSA) is 39.7 Å². The Morgan fingerprint density at radius 1 is 0.793 bits per heavy atom. The van der Waals surface area contributed by atoms with Gasteiger partial charge in [0.15, 0.2) is 11.5 Å². The molecule has 1 atom stereocenters. The van der Waals surface area contributed by atoms with Crippen LogP contribution < -0.4 is 19.5 Å². The van der Waals surface area contributed by atoms with Gasteiger partial charge in [-0.2, -0.15) is 0 Å². The molecule has 152 valence electrons. The van der Waals surface area contributed by atoms with Crippen molar-refractivity contribution in [2.75, 3.05) is 20.8 Å². The summed E-state index contributed by atoms with van der Waals surface area (Å²) in [7, 11) is 3.29. The van der Waals surface area contributed by atoms with Gasteiger partial charge < -0.3 is 19.5 Å². The Morgan fingerprint density at radius 2 is 1.45 bits per heavy atom. The zero-order chi connectivity index (χ0) is 20.5. The van der Waals surface area contributed by atoms with E-state index in [1.54, 1.807) is 14.2 Å². The predicted octanol–water partition coefficient (Wildman–Crippen LogP) is 5.18. The summed E-state index contributed by atoms with van der Waals surface area (Å²) in [5.74, 6) is 2.00. The largest absolute Gasteiger partial charge is 0.493 e. The van der Waals surface area contributed by atoms with E-state index in [1.807, 2.05) is 48.5 Å². The van der Waals surface area contributed by atoms with Crippen LogP contribution in [0.2, 0.25) is 0 Å². The minimum absolute atomic E-state index is 0.296. The van der Waals surface area contributed by atoms with Gasteiger partial charge in [-0.1, -0.05) is 60.7 Å². The Hall–Kier alpha value is -2.98. The molecule has 0 saturated carbocycles. The van der Waals surface area contributed by atoms with E-state index in [-0.39, 0.29) is 0 Å². The molecule has 0 bridgehead atoms. The minimum atomic E-state index is 0.296. The standard InChI is InChI=1S/C25H29NO3/c1-19(22-12-8-5-9-13-22)26-15-14-21-16-23(27-2)25(28-3)24(17-21)29-18-20-10-6-4-7-11-20/h4-13,16-17,19,26H,14-15,18H2,1-3H3/t19-/m0/s1. The van der Waals surface area contributed by atoms with Gasteiger partial charge in [0.2, 0.25) is 5.75 Å². The van der Waals surface area contributed by atoms with Gasteiger partial charge in [-0.15, -0.1) is 0 Å². The zero-order valence-corrected chi connectivity index (χ0v) is 17.4. The molecular formula is C25H29NO3. The van der Waals surface area contributed by atoms with Gasteiger partial charge in [-0.05, 0) is 48.7 Å². The van der Waals surface area contributed by atoms with Gasteiger partial charge >= 0.3 is 0 Å². The lowest BCUT2D eigenvalue weighted by Crippen LogP contribution is -2.21. The third kappa shape index (κ3) is 5.75. The molecule has 1 N–H and O–H groups in total. The van der Waals surface area contributed by atoms with Crippen LogP contribution in [-0.2, 0) is 13.0 Å². The second-order valence-corrected chi connectivity index (χ2v) is 6.94. The molecule has 0 heterocycles. The number of methoxy groups -OCH3 is 2. The highest BCUT2D eigenvalue weighted by molar-refractivity contribution is 5.54. The van der Waals surface area contributed by atoms with Gasteiger partial charge in [0.05, 0.1) is 14.2 Å². The quantitative estimate of drug-likeness (QED) is 0.517. The van der Waals surface area contributed by atoms with Crippen molar-refractivity contribution < 1.29 is 14.2 Å². The Kier molecular flexibility index (Phi) is 7.54. The van der Waals surface area contributed by atoms with Crippen LogP contribution in [0.4, 0.5) is 0 Å². The van der Waals surface area contributed by atoms with Crippen LogP contribution >= 0.6 is 0 Å². The third-order valence-corrected chi connectivity index (χ3v) is 4.91. The summed E-state index contributed by atoms with van der Waals surface area (Å²) in [6, 6.07) is 24.9. The number of benzene rings is 3. The maximum absolute atomic E-state index is 6.07. The van der Waals surface area contributed by atoms with E-state index in [0.717, 1.165) is 24.1 Å². The normalized spacial score (nSPS) is 11.7. The van der Waals surface area contributed by atoms with E-state index in [2.05, 4.69) is 36.5 Å². The molecule has 3 aromatic rings. The maximum atomic E-state index is 6.07. The van der Waals surface area contributed by atoms with E-state index >= 15 is 0 Å². The highest BCUT2D eigenvalue weighted by Crippen LogP contribution is 2.39. The summed E-state index contributed by atoms with van der Waals surface area (Å²) >= 11 is 0. The second kappa shape index (κ2) is 10.5. The van der Waals surface area contributed by atoms with Crippen molar-refractivity contribution in [3.8, 4) is 17.2 Å². The Labute approximate surface area is 173 Å². The van der Waals surface area contributed by atoms with Gasteiger partial charge in [0.25, 0.3) is 0 Å². The Balaban J connectivity index is 1.68. The van der Waals surface area contributed by atoms with Crippen LogP contribution in [0.25, 0.3) is 0 Å². The van der Waals surface area contributed by atoms with E-state index < -0.39 is 0 Å². The van der Waals surface area contributed by atoms with E-state index in [4.69, 9.17) is 14.2 Å². The first-order valence-electron chi connectivity index (χ1n) is 9.91. The first-order chi connectivity index (χ1) is 14.2. The fraction of sp³-hybridized carbons (Fsp3) is 0.280. The number of ether oxygens (including phenoxy) is 3. The molecule has 0 aliphatic rings. The lowest BCUT2D eigenvalue weighted by molar-refractivity contribution is 0.275. The predicted molar refractivity (Wildman–Crippen MR) is 117 cm³/mol. The molecule has 0 aliphatic carbocycles. The molecule has 0 spiro atoms. The number of rotatable bonds is 10. The van der Waals surface area contributed by atoms with Gasteiger partial charge in [-0.3, -0.25) is 0 Å². The van der Waals surface area contributed by atoms with Crippen molar-refractivity contribution >= 4 is 0 Å². The molecule has 29 heavy (non-hydrogen) atoms. The lowest BCUT2D eigenvalue weighted by atomic mass is 10.1. The van der Waals surface area contributed by atoms with E-state index in [0.29, 0.717) is 29.9 Å². The van der Waals surface area contributed by atoms with E-state index in [1.165, 1.54) is 5.56 Å². The number of hydrogen-bond acceptors (Lipinski definition) is 4. The number of hydrogen-bond donors (Lipinski definition) is 1. The van der Waals surface area contributed by atoms with Crippen LogP contribution in [0, 0.1) is 0 Å². The molecule has 4 nitrogen and oxygen atoms in total. The van der Waals surface area contributed by atoms with Crippen molar-refractivity contribution in [3.05, 3.63) is 89.5 Å². The first-order valence-corrected chi connectivity index (χ1v) is 9.91. The average Bonchev–Trinajstić information content (AvgIpc) is 2.78. The maximum Gasteiger partial charge on any atom is 0.203 e. The zero-order valence-electron chi connectivity index (χ0n) is 17.4. The van der Waals surface area contributed by atoms with Crippen molar-refractivity contribution in [1.29, 1.82) is 0 Å². The second-order valence-electron chi connectivity index (χ2n) is 6.94. The minimum Gasteiger partial charge on any atom is -0.493 e. The SMILES string of the molecule is COc1cc(CCN[C@@H](C)c2ccccc2)cc(OCc2ccccc2)c1OC. The van der Waals surface area contributed by atoms with Gasteiger partial charge in [0, 0.05) is 6.04 Å². The monoisotopic (exact) mass is 391 g/mol. The van der Waals surface area contributed by atoms with Crippen molar-refractivity contribution in [2.24, 2.45) is 0 Å². The number of nitrogens with one attached hydrogen (secondary N) is 1. The first kappa shape index (κ1) is 20.7. The van der Waals surface area contributed by atoms with Crippen molar-refractivity contribution in [3.63, 3.8) is 0 Å². The highest BCUT2D eigenvalue weighted by atomic mass is 16.5. The molecule has 0 amide bonds. The van der Waals surface area contributed by atoms with Crippen molar-refractivity contribution in [2.45, 2.75) is 26.0 Å². The van der Waals surface area contributed by atoms with Crippen LogP contribution in [0.5, 0.6) is 17.2 Å². The van der Waals surface area contributed by atoms with Crippen LogP contribution in [0.3, 0.4) is 0 Å². The van der Waals surface area contributed by atoms with Crippen LogP contribution in [0.1, 0.15) is 29.7 Å². The molecule has 0 saturated heterocycles. The highest BCUT2D eigenvalue weighted by Gasteiger charge is 2.14. The molecule has 3 rings (SSSR count). The molecule has 0 aromatic heterocycles. The average molecular weight is 392 g/mol. The van der Waals surface area contributed by atoms with Crippen LogP contribution in [0.15, 0.2) is 72.8 Å². The molecule has 4 heteroatoms. The fourth-order valence-electron chi connectivity index (χ4n) is 3.26. The summed E-state index contributed by atoms with van der Waals surface area (Å²) in [6.45, 7) is 3.51. The summed E-state index contributed by atoms with van der Waals surface area (Å²) in [5.41, 5.74) is 3.53. The van der Waals surface area contributed by atoms with Crippen LogP contribution in [-0.4, -0.2) is 20.8 Å². The summed E-state index contributed by atoms with van der Waals surface area (Å²) < 4.78 is 17.2. The lowest BCUT2D eigenvalue weighted by Gasteiger charge is -2.17. The van der Waals surface area contributed by atoms with E-state index in [9.17, 15) is 0 Å². The Bertz CT molecular complexity index is 881. The van der Waals surface area contributed by atoms with Gasteiger partial charge in [0.1, 0.15) is 6.61 Å². The molecule has 0 unspecified atom stereocenters. The Morgan fingerprint density at radius 3 is 2.10 bits per heavy atom. The molecule has 0 fully saturated rings. The van der Waals surface area contributed by atoms with Gasteiger partial charge in [-0.25, -0.2) is 0 Å². The summed E-state index contributed by atoms with van der Waals surface area (Å²) in [4.78, 5) is 0. The summed E-state index contributed by atoms with van der Waals surface area (Å²) in [5, 5.41) is 3.58.